The Morgan fingerprint density at radius 3 is 2.88 bits per heavy atom. The lowest BCUT2D eigenvalue weighted by molar-refractivity contribution is 0.410. The molecule has 1 unspecified atom stereocenters. The highest BCUT2D eigenvalue weighted by molar-refractivity contribution is 5.37. The van der Waals surface area contributed by atoms with Crippen LogP contribution in [-0.2, 0) is 0 Å². The van der Waals surface area contributed by atoms with Gasteiger partial charge in [0.05, 0.1) is 11.8 Å². The normalized spacial score (nSPS) is 20.2. The standard InChI is InChI=1S/C12H17N5/c1-16-7-5-10(9-16)11-3-4-12(15-14-11)17(2)8-6-13/h3-4,10H,5,7-9H2,1-2H3. The number of hydrogen-bond acceptors (Lipinski definition) is 5. The van der Waals surface area contributed by atoms with Gasteiger partial charge in [-0.25, -0.2) is 0 Å². The van der Waals surface area contributed by atoms with Gasteiger partial charge in [0.25, 0.3) is 0 Å². The quantitative estimate of drug-likeness (QED) is 0.722. The topological polar surface area (TPSA) is 56.0 Å². The number of nitrogens with zero attached hydrogens (tertiary/aromatic N) is 5. The molecule has 0 aromatic carbocycles. The van der Waals surface area contributed by atoms with E-state index in [9.17, 15) is 0 Å². The van der Waals surface area contributed by atoms with Crippen LogP contribution in [0.5, 0.6) is 0 Å². The van der Waals surface area contributed by atoms with Crippen molar-refractivity contribution in [1.29, 1.82) is 5.26 Å². The fourth-order valence-corrected chi connectivity index (χ4v) is 2.12. The maximum atomic E-state index is 8.61. The van der Waals surface area contributed by atoms with Crippen molar-refractivity contribution in [3.8, 4) is 6.07 Å². The van der Waals surface area contributed by atoms with Crippen LogP contribution in [0.25, 0.3) is 0 Å². The van der Waals surface area contributed by atoms with Crippen LogP contribution in [0.3, 0.4) is 0 Å². The largest absolute Gasteiger partial charge is 0.345 e. The lowest BCUT2D eigenvalue weighted by atomic mass is 10.1. The van der Waals surface area contributed by atoms with Crippen LogP contribution >= 0.6 is 0 Å². The van der Waals surface area contributed by atoms with Crippen molar-refractivity contribution < 1.29 is 0 Å². The Morgan fingerprint density at radius 2 is 2.35 bits per heavy atom. The molecule has 0 bridgehead atoms. The van der Waals surface area contributed by atoms with E-state index in [1.54, 1.807) is 4.90 Å². The average molecular weight is 231 g/mol. The van der Waals surface area contributed by atoms with Gasteiger partial charge in [-0.05, 0) is 32.1 Å². The summed E-state index contributed by atoms with van der Waals surface area (Å²) in [6.07, 6.45) is 1.15. The molecule has 17 heavy (non-hydrogen) atoms. The second-order valence-electron chi connectivity index (χ2n) is 4.58. The molecule has 5 nitrogen and oxygen atoms in total. The SMILES string of the molecule is CN1CCC(c2ccc(N(C)CC#N)nn2)C1. The summed E-state index contributed by atoms with van der Waals surface area (Å²) >= 11 is 0. The molecule has 0 saturated carbocycles. The molecule has 0 amide bonds. The lowest BCUT2D eigenvalue weighted by Crippen LogP contribution is -2.19. The summed E-state index contributed by atoms with van der Waals surface area (Å²) in [5.74, 6) is 1.25. The molecule has 2 heterocycles. The zero-order chi connectivity index (χ0) is 12.3. The minimum Gasteiger partial charge on any atom is -0.345 e. The van der Waals surface area contributed by atoms with Crippen LogP contribution in [-0.4, -0.2) is 48.8 Å². The van der Waals surface area contributed by atoms with E-state index < -0.39 is 0 Å². The van der Waals surface area contributed by atoms with Crippen molar-refractivity contribution >= 4 is 5.82 Å². The Morgan fingerprint density at radius 1 is 1.53 bits per heavy atom. The highest BCUT2D eigenvalue weighted by Crippen LogP contribution is 2.24. The maximum Gasteiger partial charge on any atom is 0.151 e. The smallest absolute Gasteiger partial charge is 0.151 e. The van der Waals surface area contributed by atoms with E-state index in [0.717, 1.165) is 31.0 Å². The van der Waals surface area contributed by atoms with Crippen LogP contribution in [0.4, 0.5) is 5.82 Å². The van der Waals surface area contributed by atoms with Gasteiger partial charge in [0.1, 0.15) is 6.54 Å². The van der Waals surface area contributed by atoms with Crippen LogP contribution in [0.2, 0.25) is 0 Å². The van der Waals surface area contributed by atoms with E-state index in [0.29, 0.717) is 12.5 Å². The number of nitriles is 1. The van der Waals surface area contributed by atoms with Crippen molar-refractivity contribution in [1.82, 2.24) is 15.1 Å². The third-order valence-electron chi connectivity index (χ3n) is 3.18. The predicted molar refractivity (Wildman–Crippen MR) is 65.8 cm³/mol. The van der Waals surface area contributed by atoms with Crippen molar-refractivity contribution in [3.63, 3.8) is 0 Å². The molecule has 1 aromatic rings. The number of aromatic nitrogens is 2. The van der Waals surface area contributed by atoms with Crippen LogP contribution in [0.1, 0.15) is 18.0 Å². The molecule has 1 saturated heterocycles. The van der Waals surface area contributed by atoms with Crippen molar-refractivity contribution in [3.05, 3.63) is 17.8 Å². The zero-order valence-corrected chi connectivity index (χ0v) is 10.3. The van der Waals surface area contributed by atoms with Crippen molar-refractivity contribution in [2.24, 2.45) is 0 Å². The highest BCUT2D eigenvalue weighted by Gasteiger charge is 2.22. The summed E-state index contributed by atoms with van der Waals surface area (Å²) in [4.78, 5) is 4.10. The van der Waals surface area contributed by atoms with Gasteiger partial charge in [0.2, 0.25) is 0 Å². The number of likely N-dealkylation sites (tertiary alicyclic amines) is 1. The van der Waals surface area contributed by atoms with Crippen molar-refractivity contribution in [2.75, 3.05) is 38.6 Å². The fraction of sp³-hybridized carbons (Fsp3) is 0.583. The minimum absolute atomic E-state index is 0.334. The highest BCUT2D eigenvalue weighted by atomic mass is 15.2. The first-order valence-corrected chi connectivity index (χ1v) is 5.81. The van der Waals surface area contributed by atoms with Crippen LogP contribution in [0, 0.1) is 11.3 Å². The zero-order valence-electron chi connectivity index (χ0n) is 10.3. The Bertz CT molecular complexity index is 408. The second kappa shape index (κ2) is 5.11. The molecule has 1 aliphatic rings. The summed E-state index contributed by atoms with van der Waals surface area (Å²) in [5, 5.41) is 17.1. The molecule has 0 spiro atoms. The van der Waals surface area contributed by atoms with E-state index in [1.165, 1.54) is 0 Å². The first kappa shape index (κ1) is 11.8. The van der Waals surface area contributed by atoms with Gasteiger partial charge in [-0.1, -0.05) is 0 Å². The van der Waals surface area contributed by atoms with Gasteiger partial charge in [-0.2, -0.15) is 10.4 Å². The Kier molecular flexibility index (Phi) is 3.55. The molecular formula is C12H17N5. The summed E-state index contributed by atoms with van der Waals surface area (Å²) in [6.45, 7) is 2.52. The van der Waals surface area contributed by atoms with Gasteiger partial charge >= 0.3 is 0 Å². The van der Waals surface area contributed by atoms with Crippen molar-refractivity contribution in [2.45, 2.75) is 12.3 Å². The summed E-state index contributed by atoms with van der Waals surface area (Å²) < 4.78 is 0. The average Bonchev–Trinajstić information content (AvgIpc) is 2.76. The van der Waals surface area contributed by atoms with E-state index in [2.05, 4.69) is 28.2 Å². The molecule has 0 aliphatic carbocycles. The predicted octanol–water partition coefficient (Wildman–Crippen LogP) is 0.855. The molecular weight excluding hydrogens is 214 g/mol. The van der Waals surface area contributed by atoms with Gasteiger partial charge in [-0.15, -0.1) is 5.10 Å². The number of anilines is 1. The Hall–Kier alpha value is -1.67. The van der Waals surface area contributed by atoms with Crippen LogP contribution < -0.4 is 4.90 Å². The second-order valence-corrected chi connectivity index (χ2v) is 4.58. The molecule has 1 aromatic heterocycles. The molecule has 90 valence electrons. The van der Waals surface area contributed by atoms with E-state index in [-0.39, 0.29) is 0 Å². The van der Waals surface area contributed by atoms with E-state index in [4.69, 9.17) is 5.26 Å². The Balaban J connectivity index is 2.05. The molecule has 1 aliphatic heterocycles. The number of hydrogen-bond donors (Lipinski definition) is 0. The first-order valence-electron chi connectivity index (χ1n) is 5.81. The van der Waals surface area contributed by atoms with Gasteiger partial charge < -0.3 is 9.80 Å². The number of likely N-dealkylation sites (N-methyl/N-ethyl adjacent to an activating group) is 1. The molecule has 2 rings (SSSR count). The molecule has 1 atom stereocenters. The van der Waals surface area contributed by atoms with Gasteiger partial charge in [0, 0.05) is 19.5 Å². The molecule has 5 heteroatoms. The summed E-state index contributed by atoms with van der Waals surface area (Å²) in [7, 11) is 3.97. The fourth-order valence-electron chi connectivity index (χ4n) is 2.12. The lowest BCUT2D eigenvalue weighted by Gasteiger charge is -2.14. The maximum absolute atomic E-state index is 8.61. The minimum atomic E-state index is 0.334. The van der Waals surface area contributed by atoms with Crippen LogP contribution in [0.15, 0.2) is 12.1 Å². The summed E-state index contributed by atoms with van der Waals surface area (Å²) in [5.41, 5.74) is 1.06. The molecule has 0 N–H and O–H groups in total. The molecule has 1 fully saturated rings. The monoisotopic (exact) mass is 231 g/mol. The molecule has 0 radical (unpaired) electrons. The third-order valence-corrected chi connectivity index (χ3v) is 3.18. The van der Waals surface area contributed by atoms with Gasteiger partial charge in [-0.3, -0.25) is 0 Å². The van der Waals surface area contributed by atoms with E-state index >= 15 is 0 Å². The Labute approximate surface area is 102 Å². The van der Waals surface area contributed by atoms with Gasteiger partial charge in [0.15, 0.2) is 5.82 Å². The number of rotatable bonds is 3. The third kappa shape index (κ3) is 2.71. The first-order chi connectivity index (χ1) is 8.20. The van der Waals surface area contributed by atoms with E-state index in [1.807, 2.05) is 19.2 Å². The summed E-state index contributed by atoms with van der Waals surface area (Å²) in [6, 6.07) is 6.06.